The van der Waals surface area contributed by atoms with Gasteiger partial charge in [0.2, 0.25) is 0 Å². The summed E-state index contributed by atoms with van der Waals surface area (Å²) >= 11 is 12.3. The van der Waals surface area contributed by atoms with Crippen LogP contribution < -0.4 is 5.73 Å². The van der Waals surface area contributed by atoms with Gasteiger partial charge in [-0.15, -0.1) is 0 Å². The fourth-order valence-corrected chi connectivity index (χ4v) is 3.16. The first-order valence-electron chi connectivity index (χ1n) is 7.13. The zero-order valence-corrected chi connectivity index (χ0v) is 13.3. The Morgan fingerprint density at radius 2 is 1.86 bits per heavy atom. The maximum Gasteiger partial charge on any atom is 0.0557 e. The molecule has 0 amide bonds. The van der Waals surface area contributed by atoms with Crippen molar-refractivity contribution >= 4 is 28.9 Å². The third kappa shape index (κ3) is 3.52. The number of halogens is 2. The first kappa shape index (κ1) is 14.7. The molecule has 0 radical (unpaired) electrons. The molecule has 1 aromatic rings. The summed E-state index contributed by atoms with van der Waals surface area (Å²) in [5.74, 6) is 0. The molecular weight excluding hydrogens is 303 g/mol. The molecule has 0 fully saturated rings. The minimum absolute atomic E-state index is 0.691. The number of nitrogen functional groups attached to an aromatic ring is 1. The molecule has 2 N–H and O–H groups in total. The van der Waals surface area contributed by atoms with E-state index in [4.69, 9.17) is 28.9 Å². The number of benzene rings is 1. The van der Waals surface area contributed by atoms with Crippen LogP contribution in [0.4, 0.5) is 5.69 Å². The molecule has 0 atom stereocenters. The summed E-state index contributed by atoms with van der Waals surface area (Å²) in [4.78, 5) is 2.43. The number of fused-ring (bicyclic) bond motifs is 1. The van der Waals surface area contributed by atoms with E-state index in [0.29, 0.717) is 5.03 Å². The highest BCUT2D eigenvalue weighted by Gasteiger charge is 2.19. The van der Waals surface area contributed by atoms with Gasteiger partial charge in [0.15, 0.2) is 0 Å². The van der Waals surface area contributed by atoms with Crippen LogP contribution in [0, 0.1) is 0 Å². The lowest BCUT2D eigenvalue weighted by atomic mass is 9.96. The van der Waals surface area contributed by atoms with Crippen LogP contribution >= 0.6 is 23.2 Å². The van der Waals surface area contributed by atoms with Crippen LogP contribution in [0.3, 0.4) is 0 Å². The van der Waals surface area contributed by atoms with E-state index in [1.807, 2.05) is 18.2 Å². The van der Waals surface area contributed by atoms with Gasteiger partial charge in [0.05, 0.1) is 5.03 Å². The maximum atomic E-state index is 6.16. The average molecular weight is 321 g/mol. The Kier molecular flexibility index (Phi) is 4.39. The Balaban J connectivity index is 1.70. The molecule has 0 unspecified atom stereocenters. The van der Waals surface area contributed by atoms with Crippen molar-refractivity contribution in [3.8, 4) is 0 Å². The van der Waals surface area contributed by atoms with Gasteiger partial charge in [0, 0.05) is 36.8 Å². The first-order chi connectivity index (χ1) is 10.1. The topological polar surface area (TPSA) is 29.3 Å². The molecule has 0 saturated carbocycles. The minimum Gasteiger partial charge on any atom is -0.399 e. The summed E-state index contributed by atoms with van der Waals surface area (Å²) in [5.41, 5.74) is 10.5. The highest BCUT2D eigenvalue weighted by molar-refractivity contribution is 6.40. The highest BCUT2D eigenvalue weighted by atomic mass is 35.5. The van der Waals surface area contributed by atoms with E-state index in [0.717, 1.165) is 43.2 Å². The predicted octanol–water partition coefficient (Wildman–Crippen LogP) is 4.42. The predicted molar refractivity (Wildman–Crippen MR) is 90.3 cm³/mol. The molecule has 110 valence electrons. The van der Waals surface area contributed by atoms with Gasteiger partial charge >= 0.3 is 0 Å². The number of hydrogen-bond acceptors (Lipinski definition) is 2. The van der Waals surface area contributed by atoms with Crippen molar-refractivity contribution in [1.82, 2.24) is 4.90 Å². The van der Waals surface area contributed by atoms with E-state index in [9.17, 15) is 0 Å². The molecule has 0 aromatic heterocycles. The summed E-state index contributed by atoms with van der Waals surface area (Å²) < 4.78 is 0. The number of anilines is 1. The summed E-state index contributed by atoms with van der Waals surface area (Å²) in [6, 6.07) is 8.10. The molecule has 0 spiro atoms. The quantitative estimate of drug-likeness (QED) is 0.817. The van der Waals surface area contributed by atoms with Crippen molar-refractivity contribution in [2.75, 3.05) is 18.8 Å². The molecule has 21 heavy (non-hydrogen) atoms. The largest absolute Gasteiger partial charge is 0.399 e. The number of rotatable bonds is 2. The molecule has 2 nitrogen and oxygen atoms in total. The SMILES string of the molecule is Nc1ccc(CN2CC=C3CC(Cl)=C(Cl)C=C3CC2)cc1. The zero-order valence-electron chi connectivity index (χ0n) is 11.8. The molecular formula is C17H18Cl2N2. The third-order valence-electron chi connectivity index (χ3n) is 4.00. The molecule has 3 rings (SSSR count). The van der Waals surface area contributed by atoms with Gasteiger partial charge in [-0.1, -0.05) is 41.4 Å². The van der Waals surface area contributed by atoms with Crippen molar-refractivity contribution in [1.29, 1.82) is 0 Å². The summed E-state index contributed by atoms with van der Waals surface area (Å²) in [7, 11) is 0. The summed E-state index contributed by atoms with van der Waals surface area (Å²) in [6.45, 7) is 2.91. The van der Waals surface area contributed by atoms with Crippen molar-refractivity contribution in [3.63, 3.8) is 0 Å². The molecule has 1 aliphatic heterocycles. The number of hydrogen-bond donors (Lipinski definition) is 1. The monoisotopic (exact) mass is 320 g/mol. The first-order valence-corrected chi connectivity index (χ1v) is 7.88. The molecule has 4 heteroatoms. The minimum atomic E-state index is 0.691. The van der Waals surface area contributed by atoms with E-state index >= 15 is 0 Å². The Labute approximate surface area is 135 Å². The number of nitrogens with two attached hydrogens (primary N) is 1. The van der Waals surface area contributed by atoms with Crippen molar-refractivity contribution < 1.29 is 0 Å². The van der Waals surface area contributed by atoms with Crippen LogP contribution in [0.2, 0.25) is 0 Å². The van der Waals surface area contributed by atoms with E-state index in [1.54, 1.807) is 0 Å². The van der Waals surface area contributed by atoms with Gasteiger partial charge in [0.25, 0.3) is 0 Å². The Hall–Kier alpha value is -1.22. The van der Waals surface area contributed by atoms with E-state index < -0.39 is 0 Å². The Morgan fingerprint density at radius 3 is 2.62 bits per heavy atom. The fraction of sp³-hybridized carbons (Fsp3) is 0.294. The molecule has 1 aromatic carbocycles. The Bertz CT molecular complexity index is 627. The van der Waals surface area contributed by atoms with Crippen LogP contribution in [-0.4, -0.2) is 18.0 Å². The van der Waals surface area contributed by atoms with Crippen LogP contribution in [0.15, 0.2) is 57.6 Å². The van der Waals surface area contributed by atoms with Gasteiger partial charge in [-0.3, -0.25) is 4.90 Å². The third-order valence-corrected chi connectivity index (χ3v) is 4.77. The van der Waals surface area contributed by atoms with Crippen molar-refractivity contribution in [3.05, 3.63) is 63.2 Å². The lowest BCUT2D eigenvalue weighted by molar-refractivity contribution is 0.302. The van der Waals surface area contributed by atoms with Gasteiger partial charge in [-0.2, -0.15) is 0 Å². The molecule has 0 saturated heterocycles. The second kappa shape index (κ2) is 6.27. The van der Waals surface area contributed by atoms with E-state index in [2.05, 4.69) is 23.1 Å². The average Bonchev–Trinajstić information content (AvgIpc) is 2.65. The van der Waals surface area contributed by atoms with Gasteiger partial charge < -0.3 is 5.73 Å². The normalized spacial score (nSPS) is 19.7. The zero-order chi connectivity index (χ0) is 14.8. The van der Waals surface area contributed by atoms with Crippen molar-refractivity contribution in [2.24, 2.45) is 0 Å². The second-order valence-corrected chi connectivity index (χ2v) is 6.42. The number of allylic oxidation sites excluding steroid dienone is 4. The molecule has 1 heterocycles. The fourth-order valence-electron chi connectivity index (χ4n) is 2.76. The second-order valence-electron chi connectivity index (χ2n) is 5.56. The number of nitrogens with zero attached hydrogens (tertiary/aromatic N) is 1. The van der Waals surface area contributed by atoms with Crippen LogP contribution in [0.5, 0.6) is 0 Å². The molecule has 2 aliphatic rings. The lowest BCUT2D eigenvalue weighted by Gasteiger charge is -2.19. The van der Waals surface area contributed by atoms with E-state index in [1.165, 1.54) is 16.7 Å². The van der Waals surface area contributed by atoms with Gasteiger partial charge in [0.1, 0.15) is 0 Å². The smallest absolute Gasteiger partial charge is 0.0557 e. The van der Waals surface area contributed by atoms with Gasteiger partial charge in [-0.25, -0.2) is 0 Å². The van der Waals surface area contributed by atoms with Crippen LogP contribution in [-0.2, 0) is 6.54 Å². The summed E-state index contributed by atoms with van der Waals surface area (Å²) in [6.07, 6.45) is 6.08. The molecule has 0 bridgehead atoms. The van der Waals surface area contributed by atoms with Crippen LogP contribution in [0.25, 0.3) is 0 Å². The Morgan fingerprint density at radius 1 is 1.10 bits per heavy atom. The standard InChI is InChI=1S/C17H18Cl2N2/c18-16-9-13-5-7-21(8-6-14(13)10-17(16)19)11-12-1-3-15(20)4-2-12/h1-5,10H,6-9,11,20H2. The molecule has 1 aliphatic carbocycles. The maximum absolute atomic E-state index is 6.16. The van der Waals surface area contributed by atoms with E-state index in [-0.39, 0.29) is 0 Å². The lowest BCUT2D eigenvalue weighted by Crippen LogP contribution is -2.23. The highest BCUT2D eigenvalue weighted by Crippen LogP contribution is 2.35. The van der Waals surface area contributed by atoms with Crippen LogP contribution in [0.1, 0.15) is 18.4 Å². The summed E-state index contributed by atoms with van der Waals surface area (Å²) in [5, 5.41) is 1.44. The van der Waals surface area contributed by atoms with Crippen molar-refractivity contribution in [2.45, 2.75) is 19.4 Å². The van der Waals surface area contributed by atoms with Gasteiger partial charge in [-0.05, 0) is 41.3 Å².